The molecule has 4 nitrogen and oxygen atoms in total. The van der Waals surface area contributed by atoms with Crippen LogP contribution < -0.4 is 0 Å². The molecule has 4 rings (SSSR count). The molecule has 0 aromatic rings. The Kier molecular flexibility index (Phi) is 4.86. The van der Waals surface area contributed by atoms with Gasteiger partial charge in [-0.1, -0.05) is 31.6 Å². The topological polar surface area (TPSA) is 63.6 Å². The molecule has 2 saturated carbocycles. The molecule has 1 N–H and O–H groups in total. The highest BCUT2D eigenvalue weighted by atomic mass is 35.5. The van der Waals surface area contributed by atoms with Gasteiger partial charge in [0.15, 0.2) is 5.78 Å². The Bertz CT molecular complexity index is 796. The maximum Gasteiger partial charge on any atom is 0.302 e. The molecule has 152 valence electrons. The lowest BCUT2D eigenvalue weighted by atomic mass is 9.47. The van der Waals surface area contributed by atoms with Gasteiger partial charge < -0.3 is 9.84 Å². The van der Waals surface area contributed by atoms with Crippen molar-refractivity contribution in [3.05, 3.63) is 35.5 Å². The van der Waals surface area contributed by atoms with Crippen molar-refractivity contribution in [1.82, 2.24) is 0 Å². The molecular formula is C23H29ClO4. The van der Waals surface area contributed by atoms with Crippen LogP contribution in [-0.4, -0.2) is 34.9 Å². The Labute approximate surface area is 171 Å². The first kappa shape index (κ1) is 19.9. The third-order valence-electron chi connectivity index (χ3n) is 7.91. The Morgan fingerprint density at radius 2 is 2.18 bits per heavy atom. The summed E-state index contributed by atoms with van der Waals surface area (Å²) in [4.78, 5) is 23.1. The zero-order valence-electron chi connectivity index (χ0n) is 16.8. The number of halogens is 1. The number of aliphatic hydroxyl groups is 1. The van der Waals surface area contributed by atoms with Gasteiger partial charge in [0.1, 0.15) is 6.61 Å². The number of hydrogen-bond acceptors (Lipinski definition) is 4. The Balaban J connectivity index is 1.62. The van der Waals surface area contributed by atoms with Crippen LogP contribution in [0.3, 0.4) is 0 Å². The van der Waals surface area contributed by atoms with Crippen molar-refractivity contribution in [3.8, 4) is 0 Å². The van der Waals surface area contributed by atoms with Crippen LogP contribution >= 0.6 is 11.6 Å². The van der Waals surface area contributed by atoms with Gasteiger partial charge in [-0.25, -0.2) is 0 Å². The zero-order chi connectivity index (χ0) is 20.3. The van der Waals surface area contributed by atoms with E-state index in [1.54, 1.807) is 12.2 Å². The molecule has 0 aromatic carbocycles. The molecule has 0 amide bonds. The predicted octanol–water partition coefficient (Wildman–Crippen LogP) is 3.97. The van der Waals surface area contributed by atoms with Crippen molar-refractivity contribution in [2.75, 3.05) is 6.61 Å². The van der Waals surface area contributed by atoms with E-state index >= 15 is 0 Å². The fourth-order valence-corrected chi connectivity index (χ4v) is 7.09. The smallest absolute Gasteiger partial charge is 0.302 e. The summed E-state index contributed by atoms with van der Waals surface area (Å²) in [5.74, 6) is 0.637. The Morgan fingerprint density at radius 1 is 1.43 bits per heavy atom. The van der Waals surface area contributed by atoms with Gasteiger partial charge in [-0.05, 0) is 60.7 Å². The average molecular weight is 405 g/mol. The van der Waals surface area contributed by atoms with Crippen LogP contribution in [-0.2, 0) is 14.3 Å². The molecule has 0 bridgehead atoms. The average Bonchev–Trinajstić information content (AvgIpc) is 2.96. The number of hydrogen-bond donors (Lipinski definition) is 1. The molecule has 0 aliphatic heterocycles. The molecule has 2 fully saturated rings. The fraction of sp³-hybridized carbons (Fsp3) is 0.652. The van der Waals surface area contributed by atoms with Crippen molar-refractivity contribution in [2.24, 2.45) is 28.6 Å². The molecular weight excluding hydrogens is 376 g/mol. The minimum atomic E-state index is -0.461. The summed E-state index contributed by atoms with van der Waals surface area (Å²) in [6.07, 6.45) is 10.7. The number of carbonyl (C=O) groups is 2. The van der Waals surface area contributed by atoms with Crippen molar-refractivity contribution >= 4 is 23.4 Å². The van der Waals surface area contributed by atoms with E-state index in [-0.39, 0.29) is 40.5 Å². The van der Waals surface area contributed by atoms with Gasteiger partial charge in [-0.2, -0.15) is 0 Å². The number of aliphatic hydroxyl groups excluding tert-OH is 1. The van der Waals surface area contributed by atoms with E-state index in [0.29, 0.717) is 18.3 Å². The van der Waals surface area contributed by atoms with Crippen molar-refractivity contribution < 1.29 is 19.4 Å². The van der Waals surface area contributed by atoms with Gasteiger partial charge in [0.05, 0.1) is 11.5 Å². The lowest BCUT2D eigenvalue weighted by Gasteiger charge is -2.58. The van der Waals surface area contributed by atoms with Crippen molar-refractivity contribution in [3.63, 3.8) is 0 Å². The monoisotopic (exact) mass is 404 g/mol. The summed E-state index contributed by atoms with van der Waals surface area (Å²) >= 11 is 6.63. The second kappa shape index (κ2) is 6.84. The van der Waals surface area contributed by atoms with Gasteiger partial charge in [0.25, 0.3) is 0 Å². The van der Waals surface area contributed by atoms with Gasteiger partial charge in [0, 0.05) is 18.3 Å². The van der Waals surface area contributed by atoms with Crippen LogP contribution in [0.2, 0.25) is 0 Å². The highest BCUT2D eigenvalue weighted by Gasteiger charge is 2.60. The molecule has 7 atom stereocenters. The largest absolute Gasteiger partial charge is 0.464 e. The zero-order valence-corrected chi connectivity index (χ0v) is 17.5. The van der Waals surface area contributed by atoms with Crippen molar-refractivity contribution in [2.45, 2.75) is 57.9 Å². The number of ether oxygens (including phenoxy) is 1. The van der Waals surface area contributed by atoms with E-state index in [1.807, 2.05) is 6.08 Å². The molecule has 4 aliphatic rings. The van der Waals surface area contributed by atoms with Gasteiger partial charge >= 0.3 is 5.97 Å². The van der Waals surface area contributed by atoms with E-state index < -0.39 is 6.10 Å². The van der Waals surface area contributed by atoms with Crippen LogP contribution in [0.25, 0.3) is 0 Å². The van der Waals surface area contributed by atoms with Crippen LogP contribution in [0.1, 0.15) is 46.5 Å². The van der Waals surface area contributed by atoms with Gasteiger partial charge in [-0.15, -0.1) is 11.6 Å². The van der Waals surface area contributed by atoms with Crippen LogP contribution in [0, 0.1) is 28.6 Å². The van der Waals surface area contributed by atoms with E-state index in [9.17, 15) is 14.7 Å². The maximum absolute atomic E-state index is 11.9. The molecule has 0 aromatic heterocycles. The highest BCUT2D eigenvalue weighted by Crippen LogP contribution is 2.65. The molecule has 0 saturated heterocycles. The first-order valence-corrected chi connectivity index (χ1v) is 10.7. The first-order valence-electron chi connectivity index (χ1n) is 10.3. The van der Waals surface area contributed by atoms with E-state index in [1.165, 1.54) is 12.5 Å². The summed E-state index contributed by atoms with van der Waals surface area (Å²) in [5.41, 5.74) is 1.84. The second-order valence-electron chi connectivity index (χ2n) is 9.38. The lowest BCUT2D eigenvalue weighted by Crippen LogP contribution is -2.55. The third kappa shape index (κ3) is 2.91. The van der Waals surface area contributed by atoms with Crippen molar-refractivity contribution in [1.29, 1.82) is 0 Å². The number of fused-ring (bicyclic) bond motifs is 5. The summed E-state index contributed by atoms with van der Waals surface area (Å²) in [5, 5.41) is 10.9. The molecule has 5 heteroatoms. The molecule has 28 heavy (non-hydrogen) atoms. The number of ketones is 1. The normalized spacial score (nSPS) is 42.7. The van der Waals surface area contributed by atoms with E-state index in [4.69, 9.17) is 16.3 Å². The third-order valence-corrected chi connectivity index (χ3v) is 8.27. The first-order chi connectivity index (χ1) is 13.2. The molecule has 0 heterocycles. The summed E-state index contributed by atoms with van der Waals surface area (Å²) in [7, 11) is 0. The maximum atomic E-state index is 11.9. The number of carbonyl (C=O) groups excluding carboxylic acids is 2. The number of rotatable bonds is 3. The molecule has 0 spiro atoms. The van der Waals surface area contributed by atoms with E-state index in [2.05, 4.69) is 19.9 Å². The summed E-state index contributed by atoms with van der Waals surface area (Å²) < 4.78 is 5.15. The summed E-state index contributed by atoms with van der Waals surface area (Å²) in [6.45, 7) is 5.96. The second-order valence-corrected chi connectivity index (χ2v) is 9.90. The highest BCUT2D eigenvalue weighted by molar-refractivity contribution is 6.22. The van der Waals surface area contributed by atoms with E-state index in [0.717, 1.165) is 24.8 Å². The lowest BCUT2D eigenvalue weighted by molar-refractivity contribution is -0.141. The van der Waals surface area contributed by atoms with Crippen LogP contribution in [0.5, 0.6) is 0 Å². The molecule has 0 unspecified atom stereocenters. The summed E-state index contributed by atoms with van der Waals surface area (Å²) in [6, 6.07) is 0. The van der Waals surface area contributed by atoms with Gasteiger partial charge in [0.2, 0.25) is 0 Å². The number of alkyl halides is 1. The number of esters is 1. The fourth-order valence-electron chi connectivity index (χ4n) is 6.69. The minimum absolute atomic E-state index is 0.0568. The Morgan fingerprint density at radius 3 is 2.89 bits per heavy atom. The molecule has 0 radical (unpaired) electrons. The van der Waals surface area contributed by atoms with Crippen LogP contribution in [0.4, 0.5) is 0 Å². The Hall–Kier alpha value is -1.39. The number of allylic oxidation sites excluding steroid dienone is 5. The van der Waals surface area contributed by atoms with Gasteiger partial charge in [-0.3, -0.25) is 9.59 Å². The SMILES string of the molecule is CC(=O)OC[C@H](Cl)C1=CC[C@@H]2[C@H]3CCC4=CC(=O)C=C[C@]4(C)[C@@H]3[C@@H](O)C[C@]12C. The molecule has 4 aliphatic carbocycles. The predicted molar refractivity (Wildman–Crippen MR) is 108 cm³/mol. The minimum Gasteiger partial charge on any atom is -0.464 e. The quantitative estimate of drug-likeness (QED) is 0.439. The standard InChI is InChI=1S/C23H29ClO4/c1-13(25)28-12-19(24)18-7-6-17-16-5-4-14-10-15(26)8-9-22(14,2)21(16)20(27)11-23(17,18)3/h7-10,16-17,19-21,27H,4-6,11-12H2,1-3H3/t16-,17-,19+,20+,21+,22+,23+/m1/s1. The van der Waals surface area contributed by atoms with Crippen LogP contribution in [0.15, 0.2) is 35.5 Å².